The van der Waals surface area contributed by atoms with Gasteiger partial charge in [-0.05, 0) is 12.1 Å². The first-order valence-corrected chi connectivity index (χ1v) is 9.28. The number of halogens is 2. The zero-order valence-electron chi connectivity index (χ0n) is 15.3. The average Bonchev–Trinajstić information content (AvgIpc) is 3.25. The molecule has 0 aliphatic carbocycles. The minimum absolute atomic E-state index is 0.225. The van der Waals surface area contributed by atoms with Gasteiger partial charge in [0.1, 0.15) is 30.8 Å². The van der Waals surface area contributed by atoms with Gasteiger partial charge in [0.25, 0.3) is 12.3 Å². The van der Waals surface area contributed by atoms with Crippen LogP contribution < -0.4 is 15.0 Å². The van der Waals surface area contributed by atoms with E-state index in [4.69, 9.17) is 14.2 Å². The molecule has 0 spiro atoms. The first kappa shape index (κ1) is 18.0. The molecule has 0 amide bonds. The summed E-state index contributed by atoms with van der Waals surface area (Å²) >= 11 is 0. The Morgan fingerprint density at radius 3 is 2.83 bits per heavy atom. The fourth-order valence-corrected chi connectivity index (χ4v) is 3.63. The lowest BCUT2D eigenvalue weighted by atomic mass is 10.1. The van der Waals surface area contributed by atoms with Crippen molar-refractivity contribution in [1.82, 2.24) is 9.55 Å². The van der Waals surface area contributed by atoms with Crippen LogP contribution in [0.15, 0.2) is 30.3 Å². The summed E-state index contributed by atoms with van der Waals surface area (Å²) in [6.07, 6.45) is -1.06. The van der Waals surface area contributed by atoms with Gasteiger partial charge >= 0.3 is 0 Å². The van der Waals surface area contributed by atoms with Crippen molar-refractivity contribution >= 4 is 17.4 Å². The Balaban J connectivity index is 1.51. The van der Waals surface area contributed by atoms with Gasteiger partial charge in [-0.1, -0.05) is 0 Å². The van der Waals surface area contributed by atoms with Gasteiger partial charge in [-0.25, -0.2) is 18.6 Å². The van der Waals surface area contributed by atoms with Gasteiger partial charge in [0.15, 0.2) is 11.8 Å². The Morgan fingerprint density at radius 2 is 2.10 bits per heavy atom. The SMILES string of the molecule is O=C=C1OC[C@@H](C(F)F)N1c1cn2c(n1)-c1ccc(NC3COC3)cc1OCC2. The number of nitrogens with one attached hydrogen (secondary N) is 1. The minimum Gasteiger partial charge on any atom is -0.491 e. The van der Waals surface area contributed by atoms with Crippen LogP contribution in [0.25, 0.3) is 11.4 Å². The Bertz CT molecular complexity index is 985. The minimum atomic E-state index is -2.69. The van der Waals surface area contributed by atoms with E-state index in [-0.39, 0.29) is 24.3 Å². The van der Waals surface area contributed by atoms with Crippen LogP contribution in [0.4, 0.5) is 20.3 Å². The molecule has 3 aliphatic rings. The number of imidazole rings is 1. The molecule has 0 unspecified atom stereocenters. The number of carbonyl (C=O) groups excluding carboxylic acids is 1. The second kappa shape index (κ2) is 7.06. The van der Waals surface area contributed by atoms with Crippen LogP contribution in [0, 0.1) is 0 Å². The van der Waals surface area contributed by atoms with Gasteiger partial charge in [0.2, 0.25) is 0 Å². The van der Waals surface area contributed by atoms with Crippen molar-refractivity contribution in [2.24, 2.45) is 0 Å². The lowest BCUT2D eigenvalue weighted by molar-refractivity contribution is 0.0211. The van der Waals surface area contributed by atoms with Crippen LogP contribution in [0.2, 0.25) is 0 Å². The summed E-state index contributed by atoms with van der Waals surface area (Å²) in [7, 11) is 0. The first-order chi connectivity index (χ1) is 14.1. The number of alkyl halides is 2. The fourth-order valence-electron chi connectivity index (χ4n) is 3.63. The third-order valence-corrected chi connectivity index (χ3v) is 5.15. The lowest BCUT2D eigenvalue weighted by Crippen LogP contribution is -2.40. The predicted octanol–water partition coefficient (Wildman–Crippen LogP) is 1.90. The van der Waals surface area contributed by atoms with E-state index in [9.17, 15) is 13.6 Å². The third-order valence-electron chi connectivity index (χ3n) is 5.15. The molecule has 1 N–H and O–H groups in total. The van der Waals surface area contributed by atoms with E-state index in [2.05, 4.69) is 10.3 Å². The molecule has 1 aromatic heterocycles. The van der Waals surface area contributed by atoms with Crippen molar-refractivity contribution in [2.45, 2.75) is 25.1 Å². The van der Waals surface area contributed by atoms with Crippen molar-refractivity contribution in [3.63, 3.8) is 0 Å². The van der Waals surface area contributed by atoms with Gasteiger partial charge in [-0.3, -0.25) is 4.90 Å². The normalized spacial score (nSPS) is 20.9. The third kappa shape index (κ3) is 3.10. The number of hydrogen-bond acceptors (Lipinski definition) is 7. The van der Waals surface area contributed by atoms with E-state index in [1.165, 1.54) is 0 Å². The summed E-state index contributed by atoms with van der Waals surface area (Å²) in [6, 6.07) is 4.70. The molecule has 8 nitrogen and oxygen atoms in total. The molecule has 3 aliphatic heterocycles. The van der Waals surface area contributed by atoms with Gasteiger partial charge in [0, 0.05) is 18.0 Å². The second-order valence-corrected chi connectivity index (χ2v) is 7.04. The number of nitrogens with zero attached hydrogens (tertiary/aromatic N) is 3. The van der Waals surface area contributed by atoms with Crippen LogP contribution in [-0.4, -0.2) is 60.4 Å². The molecule has 2 fully saturated rings. The number of ether oxygens (including phenoxy) is 3. The van der Waals surface area contributed by atoms with Crippen LogP contribution in [0.5, 0.6) is 5.75 Å². The Hall–Kier alpha value is -3.10. The summed E-state index contributed by atoms with van der Waals surface area (Å²) in [5.41, 5.74) is 1.66. The standard InChI is InChI=1S/C19H18F2N4O4/c20-18(21)14-10-29-17(7-26)25(14)16-6-24-3-4-28-15-5-11(22-12-8-27-9-12)1-2-13(15)19(24)23-16/h1-2,5-6,12,14,18,22H,3-4,8-10H2/t14-/m0/s1. The molecule has 29 heavy (non-hydrogen) atoms. The number of fused-ring (bicyclic) bond motifs is 3. The molecule has 0 bridgehead atoms. The van der Waals surface area contributed by atoms with Crippen LogP contribution >= 0.6 is 0 Å². The van der Waals surface area contributed by atoms with E-state index in [1.54, 1.807) is 12.1 Å². The molecule has 4 heterocycles. The number of anilines is 2. The Morgan fingerprint density at radius 1 is 1.24 bits per heavy atom. The summed E-state index contributed by atoms with van der Waals surface area (Å²) in [5, 5.41) is 3.37. The number of hydrogen-bond donors (Lipinski definition) is 1. The molecule has 0 radical (unpaired) electrons. The largest absolute Gasteiger partial charge is 0.491 e. The van der Waals surface area contributed by atoms with Gasteiger partial charge in [0.05, 0.1) is 31.4 Å². The zero-order chi connectivity index (χ0) is 20.0. The maximum atomic E-state index is 13.4. The van der Waals surface area contributed by atoms with Crippen LogP contribution in [0.3, 0.4) is 0 Å². The van der Waals surface area contributed by atoms with Gasteiger partial charge < -0.3 is 24.1 Å². The summed E-state index contributed by atoms with van der Waals surface area (Å²) in [5.74, 6) is 2.77. The molecular weight excluding hydrogens is 386 g/mol. The molecule has 0 saturated carbocycles. The highest BCUT2D eigenvalue weighted by molar-refractivity contribution is 5.72. The first-order valence-electron chi connectivity index (χ1n) is 9.28. The highest BCUT2D eigenvalue weighted by Gasteiger charge is 2.40. The van der Waals surface area contributed by atoms with Gasteiger partial charge in [-0.15, -0.1) is 0 Å². The van der Waals surface area contributed by atoms with E-state index in [0.29, 0.717) is 37.9 Å². The predicted molar refractivity (Wildman–Crippen MR) is 98.8 cm³/mol. The summed E-state index contributed by atoms with van der Waals surface area (Å²) < 4.78 is 44.8. The molecule has 152 valence electrons. The molecule has 1 aromatic carbocycles. The Kier molecular flexibility index (Phi) is 4.37. The lowest BCUT2D eigenvalue weighted by Gasteiger charge is -2.28. The van der Waals surface area contributed by atoms with E-state index in [1.807, 2.05) is 22.8 Å². The number of rotatable bonds is 4. The number of aromatic nitrogens is 2. The average molecular weight is 404 g/mol. The molecule has 1 atom stereocenters. The van der Waals surface area contributed by atoms with Crippen LogP contribution in [0.1, 0.15) is 0 Å². The van der Waals surface area contributed by atoms with Crippen molar-refractivity contribution in [3.8, 4) is 17.1 Å². The summed E-state index contributed by atoms with van der Waals surface area (Å²) in [6.45, 7) is 1.94. The highest BCUT2D eigenvalue weighted by atomic mass is 19.3. The highest BCUT2D eigenvalue weighted by Crippen LogP contribution is 2.37. The Labute approximate surface area is 164 Å². The maximum absolute atomic E-state index is 13.4. The molecular formula is C19H18F2N4O4. The monoisotopic (exact) mass is 404 g/mol. The van der Waals surface area contributed by atoms with Crippen molar-refractivity contribution in [1.29, 1.82) is 0 Å². The molecule has 10 heteroatoms. The molecule has 2 aromatic rings. The maximum Gasteiger partial charge on any atom is 0.284 e. The van der Waals surface area contributed by atoms with E-state index in [0.717, 1.165) is 16.2 Å². The number of benzene rings is 1. The molecule has 2 saturated heterocycles. The fraction of sp³-hybridized carbons (Fsp3) is 0.421. The zero-order valence-corrected chi connectivity index (χ0v) is 15.3. The van der Waals surface area contributed by atoms with Crippen LogP contribution in [-0.2, 0) is 20.8 Å². The summed E-state index contributed by atoms with van der Waals surface area (Å²) in [4.78, 5) is 16.8. The van der Waals surface area contributed by atoms with Crippen molar-refractivity contribution in [3.05, 3.63) is 30.3 Å². The van der Waals surface area contributed by atoms with E-state index < -0.39 is 12.5 Å². The second-order valence-electron chi connectivity index (χ2n) is 7.04. The van der Waals surface area contributed by atoms with Crippen molar-refractivity contribution in [2.75, 3.05) is 36.6 Å². The molecule has 5 rings (SSSR count). The smallest absolute Gasteiger partial charge is 0.284 e. The van der Waals surface area contributed by atoms with Gasteiger partial charge in [-0.2, -0.15) is 0 Å². The topological polar surface area (TPSA) is 77.9 Å². The quantitative estimate of drug-likeness (QED) is 0.780. The van der Waals surface area contributed by atoms with Crippen molar-refractivity contribution < 1.29 is 27.8 Å². The van der Waals surface area contributed by atoms with E-state index >= 15 is 0 Å².